The lowest BCUT2D eigenvalue weighted by Gasteiger charge is -2.15. The van der Waals surface area contributed by atoms with E-state index in [4.69, 9.17) is 4.74 Å². The fraction of sp³-hybridized carbons (Fsp3) is 0.375. The van der Waals surface area contributed by atoms with Crippen molar-refractivity contribution in [3.8, 4) is 0 Å². The molecule has 0 bridgehead atoms. The molecule has 123 valence electrons. The van der Waals surface area contributed by atoms with E-state index in [1.165, 1.54) is 6.26 Å². The van der Waals surface area contributed by atoms with E-state index in [9.17, 15) is 8.42 Å². The highest BCUT2D eigenvalue weighted by atomic mass is 32.2. The topological polar surface area (TPSA) is 67.8 Å². The van der Waals surface area contributed by atoms with Crippen LogP contribution < -0.4 is 5.32 Å². The molecule has 0 aliphatic carbocycles. The molecular formula is C16H19N2O3S2. The lowest BCUT2D eigenvalue weighted by atomic mass is 10.1. The van der Waals surface area contributed by atoms with E-state index in [1.54, 1.807) is 36.0 Å². The normalized spacial score (nSPS) is 21.5. The Balaban J connectivity index is 1.68. The Morgan fingerprint density at radius 1 is 1.35 bits per heavy atom. The van der Waals surface area contributed by atoms with Gasteiger partial charge in [0.25, 0.3) is 0 Å². The standard InChI is InChI=1S/C16H19N2O3S2/c1-23(19,20)14-6-4-12(5-7-14)15-9-17-10-16(18-15)22-11-13-3-2-8-21-13/h4-7,9-10,13,17H,2-3,8,11H2,1H3/t13-/m0/s1. The van der Waals surface area contributed by atoms with Gasteiger partial charge in [-0.1, -0.05) is 12.1 Å². The molecule has 0 amide bonds. The number of ether oxygens (including phenoxy) is 1. The summed E-state index contributed by atoms with van der Waals surface area (Å²) in [6.07, 6.45) is 5.64. The predicted octanol–water partition coefficient (Wildman–Crippen LogP) is 2.36. The van der Waals surface area contributed by atoms with Gasteiger partial charge in [0.15, 0.2) is 9.84 Å². The van der Waals surface area contributed by atoms with Gasteiger partial charge in [-0.05, 0) is 30.5 Å². The van der Waals surface area contributed by atoms with E-state index >= 15 is 0 Å². The Kier molecular flexibility index (Phi) is 5.08. The SMILES string of the molecule is CS(=O)(=O)c1ccc(C2=NC(SC[C@@H]3CCCO3)=CN[CH]2)cc1. The third-order valence-electron chi connectivity index (χ3n) is 3.68. The lowest BCUT2D eigenvalue weighted by Crippen LogP contribution is -2.18. The van der Waals surface area contributed by atoms with Crippen LogP contribution >= 0.6 is 11.8 Å². The first-order valence-corrected chi connectivity index (χ1v) is 10.3. The monoisotopic (exact) mass is 351 g/mol. The van der Waals surface area contributed by atoms with Crippen LogP contribution in [0.3, 0.4) is 0 Å². The van der Waals surface area contributed by atoms with Crippen LogP contribution in [0.2, 0.25) is 0 Å². The van der Waals surface area contributed by atoms with Crippen LogP contribution in [-0.4, -0.2) is 38.8 Å². The van der Waals surface area contributed by atoms with Crippen molar-refractivity contribution in [3.63, 3.8) is 0 Å². The van der Waals surface area contributed by atoms with Crippen molar-refractivity contribution in [2.75, 3.05) is 18.6 Å². The Morgan fingerprint density at radius 2 is 2.13 bits per heavy atom. The summed E-state index contributed by atoms with van der Waals surface area (Å²) in [6.45, 7) is 2.67. The molecule has 1 aromatic carbocycles. The molecule has 0 saturated carbocycles. The molecular weight excluding hydrogens is 332 g/mol. The molecule has 0 aromatic heterocycles. The van der Waals surface area contributed by atoms with Gasteiger partial charge in [-0.15, -0.1) is 11.8 Å². The average molecular weight is 351 g/mol. The van der Waals surface area contributed by atoms with Crippen LogP contribution in [0.5, 0.6) is 0 Å². The van der Waals surface area contributed by atoms with Crippen LogP contribution in [0.25, 0.3) is 0 Å². The number of aliphatic imine (C=N–C) groups is 1. The van der Waals surface area contributed by atoms with Crippen molar-refractivity contribution in [1.82, 2.24) is 5.32 Å². The van der Waals surface area contributed by atoms with Crippen molar-refractivity contribution in [2.45, 2.75) is 23.8 Å². The number of benzene rings is 1. The summed E-state index contributed by atoms with van der Waals surface area (Å²) in [6, 6.07) is 6.78. The van der Waals surface area contributed by atoms with Crippen LogP contribution in [0.1, 0.15) is 18.4 Å². The minimum atomic E-state index is -3.17. The van der Waals surface area contributed by atoms with E-state index in [0.29, 0.717) is 11.0 Å². The molecule has 1 radical (unpaired) electrons. The third kappa shape index (κ3) is 4.37. The number of hydrogen-bond donors (Lipinski definition) is 1. The Hall–Kier alpha value is -1.31. The second kappa shape index (κ2) is 7.07. The molecule has 0 unspecified atom stereocenters. The molecule has 7 heteroatoms. The molecule has 3 rings (SSSR count). The van der Waals surface area contributed by atoms with Crippen molar-refractivity contribution in [2.24, 2.45) is 4.99 Å². The van der Waals surface area contributed by atoms with Gasteiger partial charge in [0.1, 0.15) is 5.03 Å². The zero-order valence-electron chi connectivity index (χ0n) is 12.9. The van der Waals surface area contributed by atoms with Gasteiger partial charge in [-0.3, -0.25) is 0 Å². The Morgan fingerprint density at radius 3 is 2.78 bits per heavy atom. The number of rotatable bonds is 5. The maximum absolute atomic E-state index is 11.5. The molecule has 0 spiro atoms. The second-order valence-electron chi connectivity index (χ2n) is 5.53. The quantitative estimate of drug-likeness (QED) is 0.882. The van der Waals surface area contributed by atoms with Crippen LogP contribution in [-0.2, 0) is 14.6 Å². The fourth-order valence-corrected chi connectivity index (χ4v) is 3.99. The van der Waals surface area contributed by atoms with E-state index < -0.39 is 9.84 Å². The summed E-state index contributed by atoms with van der Waals surface area (Å²) in [5.41, 5.74) is 1.68. The van der Waals surface area contributed by atoms with Gasteiger partial charge in [-0.2, -0.15) is 0 Å². The molecule has 5 nitrogen and oxygen atoms in total. The van der Waals surface area contributed by atoms with E-state index in [1.807, 2.05) is 12.7 Å². The van der Waals surface area contributed by atoms with Crippen molar-refractivity contribution >= 4 is 27.3 Å². The van der Waals surface area contributed by atoms with Gasteiger partial charge in [0, 0.05) is 24.8 Å². The summed E-state index contributed by atoms with van der Waals surface area (Å²) in [7, 11) is -3.17. The molecule has 1 atom stereocenters. The summed E-state index contributed by atoms with van der Waals surface area (Å²) < 4.78 is 28.6. The van der Waals surface area contributed by atoms with Crippen LogP contribution in [0.4, 0.5) is 0 Å². The van der Waals surface area contributed by atoms with Gasteiger partial charge in [-0.25, -0.2) is 13.4 Å². The number of hydrogen-bond acceptors (Lipinski definition) is 6. The number of nitrogens with zero attached hydrogens (tertiary/aromatic N) is 1. The van der Waals surface area contributed by atoms with Crippen molar-refractivity contribution in [1.29, 1.82) is 0 Å². The van der Waals surface area contributed by atoms with Gasteiger partial charge < -0.3 is 10.1 Å². The maximum atomic E-state index is 11.5. The predicted molar refractivity (Wildman–Crippen MR) is 93.0 cm³/mol. The first-order valence-electron chi connectivity index (χ1n) is 7.45. The Bertz CT molecular complexity index is 718. The molecule has 1 fully saturated rings. The first-order chi connectivity index (χ1) is 11.0. The highest BCUT2D eigenvalue weighted by Gasteiger charge is 2.17. The van der Waals surface area contributed by atoms with Gasteiger partial charge >= 0.3 is 0 Å². The van der Waals surface area contributed by atoms with E-state index in [-0.39, 0.29) is 0 Å². The highest BCUT2D eigenvalue weighted by molar-refractivity contribution is 8.03. The van der Waals surface area contributed by atoms with E-state index in [0.717, 1.165) is 41.5 Å². The van der Waals surface area contributed by atoms with Crippen LogP contribution in [0, 0.1) is 6.54 Å². The summed E-state index contributed by atoms with van der Waals surface area (Å²) in [5.74, 6) is 0.900. The second-order valence-corrected chi connectivity index (χ2v) is 8.59. The smallest absolute Gasteiger partial charge is 0.175 e. The lowest BCUT2D eigenvalue weighted by molar-refractivity contribution is 0.129. The highest BCUT2D eigenvalue weighted by Crippen LogP contribution is 2.25. The van der Waals surface area contributed by atoms with E-state index in [2.05, 4.69) is 10.3 Å². The summed E-state index contributed by atoms with van der Waals surface area (Å²) >= 11 is 1.67. The number of nitrogens with one attached hydrogen (secondary N) is 1. The third-order valence-corrected chi connectivity index (χ3v) is 5.85. The minimum Gasteiger partial charge on any atom is -0.378 e. The fourth-order valence-electron chi connectivity index (χ4n) is 2.42. The number of thioether (sulfide) groups is 1. The maximum Gasteiger partial charge on any atom is 0.175 e. The zero-order valence-corrected chi connectivity index (χ0v) is 14.5. The first kappa shape index (κ1) is 16.5. The van der Waals surface area contributed by atoms with Crippen molar-refractivity contribution in [3.05, 3.63) is 47.6 Å². The van der Waals surface area contributed by atoms with Crippen molar-refractivity contribution < 1.29 is 13.2 Å². The molecule has 2 heterocycles. The Labute approximate surface area is 141 Å². The minimum absolute atomic E-state index is 0.314. The molecule has 23 heavy (non-hydrogen) atoms. The molecule has 1 aromatic rings. The molecule has 2 aliphatic heterocycles. The molecule has 1 saturated heterocycles. The summed E-state index contributed by atoms with van der Waals surface area (Å²) in [5, 5.41) is 4.01. The van der Waals surface area contributed by atoms with Crippen LogP contribution in [0.15, 0.2) is 45.4 Å². The largest absolute Gasteiger partial charge is 0.378 e. The van der Waals surface area contributed by atoms with Gasteiger partial charge in [0.2, 0.25) is 0 Å². The zero-order chi connectivity index (χ0) is 16.3. The molecule has 1 N–H and O–H groups in total. The number of sulfone groups is 1. The average Bonchev–Trinajstić information content (AvgIpc) is 3.06. The molecule has 2 aliphatic rings. The van der Waals surface area contributed by atoms with Gasteiger partial charge in [0.05, 0.1) is 23.3 Å². The summed E-state index contributed by atoms with van der Waals surface area (Å²) in [4.78, 5) is 4.94.